The van der Waals surface area contributed by atoms with Crippen molar-refractivity contribution >= 4 is 5.78 Å². The molecule has 0 fully saturated rings. The number of Topliss-reactive ketones (excluding diaryl/α,β-unsaturated/α-hetero) is 1. The van der Waals surface area contributed by atoms with Gasteiger partial charge in [0.05, 0.1) is 17.3 Å². The monoisotopic (exact) mass is 225 g/mol. The van der Waals surface area contributed by atoms with Crippen molar-refractivity contribution in [3.05, 3.63) is 17.5 Å². The van der Waals surface area contributed by atoms with Gasteiger partial charge in [-0.3, -0.25) is 4.79 Å². The maximum absolute atomic E-state index is 11.9. The molecule has 0 amide bonds. The van der Waals surface area contributed by atoms with Gasteiger partial charge in [0, 0.05) is 0 Å². The first-order chi connectivity index (χ1) is 7.52. The highest BCUT2D eigenvalue weighted by Gasteiger charge is 2.19. The Morgan fingerprint density at radius 3 is 2.81 bits per heavy atom. The van der Waals surface area contributed by atoms with Crippen molar-refractivity contribution in [2.45, 2.75) is 25.8 Å². The summed E-state index contributed by atoms with van der Waals surface area (Å²) in [6.45, 7) is 2.67. The van der Waals surface area contributed by atoms with E-state index in [0.29, 0.717) is 17.7 Å². The van der Waals surface area contributed by atoms with E-state index < -0.39 is 6.04 Å². The van der Waals surface area contributed by atoms with Crippen LogP contribution in [0.4, 0.5) is 0 Å². The van der Waals surface area contributed by atoms with E-state index in [0.717, 1.165) is 13.0 Å². The first-order valence-corrected chi connectivity index (χ1v) is 5.38. The standard InChI is InChI=1S/C11H19N3O2/c1-8-9(7-16-13-8)11(15)10(12)5-4-6-14(2)3/h7,10H,4-6,12H2,1-3H3. The Balaban J connectivity index is 2.46. The van der Waals surface area contributed by atoms with Crippen LogP contribution in [-0.4, -0.2) is 42.5 Å². The maximum atomic E-state index is 11.9. The SMILES string of the molecule is Cc1nocc1C(=O)C(N)CCCN(C)C. The molecule has 1 atom stereocenters. The normalized spacial score (nSPS) is 13.1. The van der Waals surface area contributed by atoms with Crippen LogP contribution in [0.5, 0.6) is 0 Å². The van der Waals surface area contributed by atoms with Crippen molar-refractivity contribution in [3.8, 4) is 0 Å². The number of hydrogen-bond donors (Lipinski definition) is 1. The van der Waals surface area contributed by atoms with Crippen molar-refractivity contribution in [2.24, 2.45) is 5.73 Å². The summed E-state index contributed by atoms with van der Waals surface area (Å²) in [4.78, 5) is 13.9. The molecule has 1 rings (SSSR count). The second-order valence-electron chi connectivity index (χ2n) is 4.23. The Morgan fingerprint density at radius 1 is 1.62 bits per heavy atom. The van der Waals surface area contributed by atoms with Gasteiger partial charge in [0.15, 0.2) is 5.78 Å². The molecule has 1 aromatic heterocycles. The highest BCUT2D eigenvalue weighted by Crippen LogP contribution is 2.10. The minimum absolute atomic E-state index is 0.0856. The van der Waals surface area contributed by atoms with Gasteiger partial charge in [-0.25, -0.2) is 0 Å². The van der Waals surface area contributed by atoms with Gasteiger partial charge in [0.2, 0.25) is 0 Å². The lowest BCUT2D eigenvalue weighted by atomic mass is 10.0. The number of hydrogen-bond acceptors (Lipinski definition) is 5. The topological polar surface area (TPSA) is 72.4 Å². The van der Waals surface area contributed by atoms with Crippen molar-refractivity contribution in [1.29, 1.82) is 0 Å². The van der Waals surface area contributed by atoms with Gasteiger partial charge in [-0.2, -0.15) is 0 Å². The molecule has 0 saturated heterocycles. The summed E-state index contributed by atoms with van der Waals surface area (Å²) in [6, 6.07) is -0.460. The molecule has 0 saturated carbocycles. The molecule has 90 valence electrons. The van der Waals surface area contributed by atoms with Crippen LogP contribution in [-0.2, 0) is 0 Å². The molecule has 0 aliphatic carbocycles. The van der Waals surface area contributed by atoms with Gasteiger partial charge >= 0.3 is 0 Å². The smallest absolute Gasteiger partial charge is 0.184 e. The number of nitrogens with two attached hydrogens (primary N) is 1. The van der Waals surface area contributed by atoms with Crippen LogP contribution in [0.25, 0.3) is 0 Å². The molecule has 0 aliphatic heterocycles. The zero-order valence-corrected chi connectivity index (χ0v) is 10.1. The van der Waals surface area contributed by atoms with Crippen LogP contribution in [0, 0.1) is 6.92 Å². The third-order valence-corrected chi connectivity index (χ3v) is 2.47. The van der Waals surface area contributed by atoms with Crippen molar-refractivity contribution in [1.82, 2.24) is 10.1 Å². The second kappa shape index (κ2) is 5.77. The van der Waals surface area contributed by atoms with E-state index in [2.05, 4.69) is 10.1 Å². The van der Waals surface area contributed by atoms with Crippen LogP contribution in [0.3, 0.4) is 0 Å². The van der Waals surface area contributed by atoms with Gasteiger partial charge in [-0.05, 0) is 40.4 Å². The lowest BCUT2D eigenvalue weighted by molar-refractivity contribution is 0.0954. The molecule has 0 aromatic carbocycles. The number of nitrogens with zero attached hydrogens (tertiary/aromatic N) is 2. The van der Waals surface area contributed by atoms with E-state index >= 15 is 0 Å². The average Bonchev–Trinajstić information content (AvgIpc) is 2.62. The molecular formula is C11H19N3O2. The zero-order chi connectivity index (χ0) is 12.1. The third-order valence-electron chi connectivity index (χ3n) is 2.47. The van der Waals surface area contributed by atoms with E-state index in [4.69, 9.17) is 10.3 Å². The number of carbonyl (C=O) groups excluding carboxylic acids is 1. The Kier molecular flexibility index (Phi) is 4.64. The fourth-order valence-electron chi connectivity index (χ4n) is 1.49. The summed E-state index contributed by atoms with van der Waals surface area (Å²) in [5, 5.41) is 3.67. The fourth-order valence-corrected chi connectivity index (χ4v) is 1.49. The number of aromatic nitrogens is 1. The van der Waals surface area contributed by atoms with E-state index in [9.17, 15) is 4.79 Å². The van der Waals surface area contributed by atoms with E-state index in [1.54, 1.807) is 6.92 Å². The summed E-state index contributed by atoms with van der Waals surface area (Å²) >= 11 is 0. The van der Waals surface area contributed by atoms with E-state index in [1.165, 1.54) is 6.26 Å². The summed E-state index contributed by atoms with van der Waals surface area (Å²) in [5.41, 5.74) is 6.93. The van der Waals surface area contributed by atoms with Crippen LogP contribution in [0.1, 0.15) is 28.9 Å². The maximum Gasteiger partial charge on any atom is 0.184 e. The minimum Gasteiger partial charge on any atom is -0.364 e. The number of aryl methyl sites for hydroxylation is 1. The predicted molar refractivity (Wildman–Crippen MR) is 61.3 cm³/mol. The van der Waals surface area contributed by atoms with Crippen LogP contribution >= 0.6 is 0 Å². The van der Waals surface area contributed by atoms with Crippen LogP contribution in [0.2, 0.25) is 0 Å². The largest absolute Gasteiger partial charge is 0.364 e. The lowest BCUT2D eigenvalue weighted by Crippen LogP contribution is -2.31. The molecular weight excluding hydrogens is 206 g/mol. The van der Waals surface area contributed by atoms with Gasteiger partial charge < -0.3 is 15.2 Å². The summed E-state index contributed by atoms with van der Waals surface area (Å²) in [6.07, 6.45) is 2.95. The Hall–Kier alpha value is -1.20. The molecule has 0 spiro atoms. The predicted octanol–water partition coefficient (Wildman–Crippen LogP) is 0.835. The Bertz CT molecular complexity index is 347. The zero-order valence-electron chi connectivity index (χ0n) is 10.1. The molecule has 2 N–H and O–H groups in total. The molecule has 1 heterocycles. The number of rotatable bonds is 6. The molecule has 5 heteroatoms. The first kappa shape index (κ1) is 12.9. The van der Waals surface area contributed by atoms with E-state index in [-0.39, 0.29) is 5.78 Å². The molecule has 1 aromatic rings. The summed E-state index contributed by atoms with van der Waals surface area (Å²) in [5.74, 6) is -0.0856. The van der Waals surface area contributed by atoms with Gasteiger partial charge in [0.1, 0.15) is 6.26 Å². The average molecular weight is 225 g/mol. The molecule has 1 unspecified atom stereocenters. The van der Waals surface area contributed by atoms with Crippen molar-refractivity contribution in [2.75, 3.05) is 20.6 Å². The van der Waals surface area contributed by atoms with Gasteiger partial charge in [-0.15, -0.1) is 0 Å². The third kappa shape index (κ3) is 3.43. The first-order valence-electron chi connectivity index (χ1n) is 5.38. The fraction of sp³-hybridized carbons (Fsp3) is 0.636. The molecule has 0 radical (unpaired) electrons. The summed E-state index contributed by atoms with van der Waals surface area (Å²) in [7, 11) is 4.00. The second-order valence-corrected chi connectivity index (χ2v) is 4.23. The van der Waals surface area contributed by atoms with Crippen LogP contribution < -0.4 is 5.73 Å². The van der Waals surface area contributed by atoms with E-state index in [1.807, 2.05) is 14.1 Å². The molecule has 16 heavy (non-hydrogen) atoms. The van der Waals surface area contributed by atoms with Gasteiger partial charge in [0.25, 0.3) is 0 Å². The Morgan fingerprint density at radius 2 is 2.31 bits per heavy atom. The summed E-state index contributed by atoms with van der Waals surface area (Å²) < 4.78 is 4.72. The quantitative estimate of drug-likeness (QED) is 0.726. The van der Waals surface area contributed by atoms with Crippen molar-refractivity contribution < 1.29 is 9.32 Å². The van der Waals surface area contributed by atoms with Gasteiger partial charge in [-0.1, -0.05) is 5.16 Å². The van der Waals surface area contributed by atoms with Crippen LogP contribution in [0.15, 0.2) is 10.8 Å². The molecule has 0 aliphatic rings. The minimum atomic E-state index is -0.460. The van der Waals surface area contributed by atoms with Crippen molar-refractivity contribution in [3.63, 3.8) is 0 Å². The highest BCUT2D eigenvalue weighted by molar-refractivity contribution is 6.00. The Labute approximate surface area is 95.6 Å². The lowest BCUT2D eigenvalue weighted by Gasteiger charge is -2.12. The molecule has 0 bridgehead atoms. The number of carbonyl (C=O) groups is 1. The molecule has 5 nitrogen and oxygen atoms in total. The highest BCUT2D eigenvalue weighted by atomic mass is 16.5. The number of ketones is 1.